The highest BCUT2D eigenvalue weighted by atomic mass is 32.1. The van der Waals surface area contributed by atoms with Gasteiger partial charge in [-0.15, -0.1) is 11.3 Å². The van der Waals surface area contributed by atoms with Gasteiger partial charge in [0.05, 0.1) is 10.4 Å². The molecule has 0 atom stereocenters. The van der Waals surface area contributed by atoms with Crippen LogP contribution >= 0.6 is 22.9 Å². The molecule has 4 nitrogen and oxygen atoms in total. The van der Waals surface area contributed by atoms with Gasteiger partial charge >= 0.3 is 0 Å². The molecular formula is C8H10N4S2. The topological polar surface area (TPSA) is 50.7 Å². The number of nitrogens with zero attached hydrogens (tertiary/aromatic N) is 3. The smallest absolute Gasteiger partial charge is 0.203 e. The summed E-state index contributed by atoms with van der Waals surface area (Å²) in [4.78, 5) is 9.36. The normalized spacial score (nSPS) is 10.8. The third-order valence-corrected chi connectivity index (χ3v) is 2.91. The van der Waals surface area contributed by atoms with Crippen molar-refractivity contribution < 1.29 is 0 Å². The lowest BCUT2D eigenvalue weighted by Gasteiger charge is -2.03. The molecule has 0 spiro atoms. The molecule has 0 fully saturated rings. The van der Waals surface area contributed by atoms with Crippen molar-refractivity contribution in [2.45, 2.75) is 19.9 Å². The molecule has 6 heteroatoms. The first-order valence-corrected chi connectivity index (χ1v) is 5.90. The second-order valence-electron chi connectivity index (χ2n) is 3.09. The van der Waals surface area contributed by atoms with Gasteiger partial charge in [-0.3, -0.25) is 4.98 Å². The van der Waals surface area contributed by atoms with Crippen molar-refractivity contribution in [1.29, 1.82) is 0 Å². The van der Waals surface area contributed by atoms with E-state index in [1.807, 2.05) is 0 Å². The van der Waals surface area contributed by atoms with E-state index in [1.54, 1.807) is 23.0 Å². The highest BCUT2D eigenvalue weighted by Crippen LogP contribution is 2.23. The van der Waals surface area contributed by atoms with Gasteiger partial charge in [0.2, 0.25) is 5.13 Å². The monoisotopic (exact) mass is 226 g/mol. The molecule has 2 rings (SSSR count). The molecule has 2 aromatic rings. The molecule has 0 aliphatic rings. The minimum Gasteiger partial charge on any atom is -0.358 e. The average Bonchev–Trinajstić information content (AvgIpc) is 2.69. The lowest BCUT2D eigenvalue weighted by Crippen LogP contribution is -2.08. The lowest BCUT2D eigenvalue weighted by molar-refractivity contribution is 0.897. The summed E-state index contributed by atoms with van der Waals surface area (Å²) in [6.45, 7) is 4.15. The first-order valence-electron chi connectivity index (χ1n) is 4.25. The maximum absolute atomic E-state index is 4.36. The van der Waals surface area contributed by atoms with E-state index in [1.165, 1.54) is 11.5 Å². The number of nitrogens with one attached hydrogen (secondary N) is 1. The van der Waals surface area contributed by atoms with Crippen LogP contribution in [0.3, 0.4) is 0 Å². The third-order valence-electron chi connectivity index (χ3n) is 1.49. The molecule has 0 saturated heterocycles. The van der Waals surface area contributed by atoms with Gasteiger partial charge < -0.3 is 5.32 Å². The van der Waals surface area contributed by atoms with E-state index in [2.05, 4.69) is 33.5 Å². The van der Waals surface area contributed by atoms with Crippen molar-refractivity contribution in [2.75, 3.05) is 5.32 Å². The molecule has 0 bridgehead atoms. The van der Waals surface area contributed by atoms with Crippen molar-refractivity contribution >= 4 is 28.0 Å². The van der Waals surface area contributed by atoms with Gasteiger partial charge in [0.15, 0.2) is 5.82 Å². The van der Waals surface area contributed by atoms with Crippen LogP contribution in [0.1, 0.15) is 13.8 Å². The van der Waals surface area contributed by atoms with Crippen LogP contribution in [0, 0.1) is 0 Å². The Morgan fingerprint density at radius 3 is 2.93 bits per heavy atom. The van der Waals surface area contributed by atoms with Gasteiger partial charge in [-0.25, -0.2) is 0 Å². The summed E-state index contributed by atoms with van der Waals surface area (Å²) in [6, 6.07) is 0.386. The highest BCUT2D eigenvalue weighted by molar-refractivity contribution is 7.13. The predicted octanol–water partition coefficient (Wildman–Crippen LogP) is 2.48. The van der Waals surface area contributed by atoms with Crippen molar-refractivity contribution in [2.24, 2.45) is 0 Å². The van der Waals surface area contributed by atoms with Crippen LogP contribution in [0.15, 0.2) is 11.7 Å². The Kier molecular flexibility index (Phi) is 2.74. The number of aromatic nitrogens is 3. The van der Waals surface area contributed by atoms with E-state index in [-0.39, 0.29) is 0 Å². The van der Waals surface area contributed by atoms with Crippen LogP contribution in [0.2, 0.25) is 0 Å². The van der Waals surface area contributed by atoms with Crippen LogP contribution in [0.4, 0.5) is 5.13 Å². The van der Waals surface area contributed by atoms with E-state index in [9.17, 15) is 0 Å². The SMILES string of the molecule is CC(C)Nc1nc(-c2cncs2)ns1. The summed E-state index contributed by atoms with van der Waals surface area (Å²) in [7, 11) is 0. The van der Waals surface area contributed by atoms with Gasteiger partial charge in [0.1, 0.15) is 0 Å². The Morgan fingerprint density at radius 1 is 1.43 bits per heavy atom. The Balaban J connectivity index is 2.18. The van der Waals surface area contributed by atoms with Gasteiger partial charge in [-0.05, 0) is 13.8 Å². The maximum atomic E-state index is 4.36. The van der Waals surface area contributed by atoms with Crippen molar-refractivity contribution in [3.05, 3.63) is 11.7 Å². The van der Waals surface area contributed by atoms with Crippen LogP contribution in [-0.2, 0) is 0 Å². The molecule has 14 heavy (non-hydrogen) atoms. The second kappa shape index (κ2) is 4.02. The van der Waals surface area contributed by atoms with Gasteiger partial charge in [0.25, 0.3) is 0 Å². The molecule has 0 radical (unpaired) electrons. The van der Waals surface area contributed by atoms with Crippen molar-refractivity contribution in [1.82, 2.24) is 14.3 Å². The van der Waals surface area contributed by atoms with Crippen molar-refractivity contribution in [3.63, 3.8) is 0 Å². The van der Waals surface area contributed by atoms with Crippen LogP contribution in [0.25, 0.3) is 10.7 Å². The van der Waals surface area contributed by atoms with Crippen LogP contribution in [-0.4, -0.2) is 20.4 Å². The standard InChI is InChI=1S/C8H10N4S2/c1-5(2)10-8-11-7(12-14-8)6-3-9-4-13-6/h3-5H,1-2H3,(H,10,11,12). The Morgan fingerprint density at radius 2 is 2.29 bits per heavy atom. The number of anilines is 1. The van der Waals surface area contributed by atoms with E-state index < -0.39 is 0 Å². The Bertz CT molecular complexity index is 393. The molecule has 2 heterocycles. The fraction of sp³-hybridized carbons (Fsp3) is 0.375. The van der Waals surface area contributed by atoms with Crippen molar-refractivity contribution in [3.8, 4) is 10.7 Å². The molecule has 0 saturated carbocycles. The fourth-order valence-corrected chi connectivity index (χ4v) is 2.29. The zero-order valence-electron chi connectivity index (χ0n) is 7.89. The summed E-state index contributed by atoms with van der Waals surface area (Å²) >= 11 is 2.93. The highest BCUT2D eigenvalue weighted by Gasteiger charge is 2.07. The summed E-state index contributed by atoms with van der Waals surface area (Å²) in [5.74, 6) is 0.764. The average molecular weight is 226 g/mol. The van der Waals surface area contributed by atoms with Crippen LogP contribution in [0.5, 0.6) is 0 Å². The van der Waals surface area contributed by atoms with Crippen LogP contribution < -0.4 is 5.32 Å². The van der Waals surface area contributed by atoms with E-state index >= 15 is 0 Å². The predicted molar refractivity (Wildman–Crippen MR) is 59.8 cm³/mol. The first kappa shape index (κ1) is 9.54. The quantitative estimate of drug-likeness (QED) is 0.873. The molecule has 0 amide bonds. The molecule has 0 aliphatic heterocycles. The zero-order chi connectivity index (χ0) is 9.97. The minimum atomic E-state index is 0.386. The third kappa shape index (κ3) is 2.08. The number of thiazole rings is 1. The number of hydrogen-bond acceptors (Lipinski definition) is 6. The summed E-state index contributed by atoms with van der Waals surface area (Å²) < 4.78 is 4.25. The van der Waals surface area contributed by atoms with E-state index in [0.717, 1.165) is 15.8 Å². The molecular weight excluding hydrogens is 216 g/mol. The molecule has 0 aromatic carbocycles. The molecule has 74 valence electrons. The Hall–Kier alpha value is -1.01. The Labute approximate surface area is 90.2 Å². The van der Waals surface area contributed by atoms with E-state index in [0.29, 0.717) is 6.04 Å². The molecule has 0 unspecified atom stereocenters. The van der Waals surface area contributed by atoms with E-state index in [4.69, 9.17) is 0 Å². The number of rotatable bonds is 3. The second-order valence-corrected chi connectivity index (χ2v) is 4.73. The molecule has 1 N–H and O–H groups in total. The van der Waals surface area contributed by atoms with Gasteiger partial charge in [0, 0.05) is 23.8 Å². The minimum absolute atomic E-state index is 0.386. The lowest BCUT2D eigenvalue weighted by atomic mass is 10.4. The molecule has 0 aliphatic carbocycles. The van der Waals surface area contributed by atoms with Gasteiger partial charge in [-0.2, -0.15) is 9.36 Å². The summed E-state index contributed by atoms with van der Waals surface area (Å²) in [5, 5.41) is 4.08. The molecule has 2 aromatic heterocycles. The fourth-order valence-electron chi connectivity index (χ4n) is 0.955. The number of hydrogen-bond donors (Lipinski definition) is 1. The largest absolute Gasteiger partial charge is 0.358 e. The summed E-state index contributed by atoms with van der Waals surface area (Å²) in [6.07, 6.45) is 1.78. The zero-order valence-corrected chi connectivity index (χ0v) is 9.52. The maximum Gasteiger partial charge on any atom is 0.203 e. The summed E-state index contributed by atoms with van der Waals surface area (Å²) in [5.41, 5.74) is 1.78. The van der Waals surface area contributed by atoms with Gasteiger partial charge in [-0.1, -0.05) is 0 Å². The first-order chi connectivity index (χ1) is 6.75.